The van der Waals surface area contributed by atoms with Crippen LogP contribution in [0.4, 0.5) is 10.5 Å². The van der Waals surface area contributed by atoms with Crippen molar-refractivity contribution in [1.82, 2.24) is 5.32 Å². The predicted octanol–water partition coefficient (Wildman–Crippen LogP) is 3.32. The second-order valence-corrected chi connectivity index (χ2v) is 4.10. The van der Waals surface area contributed by atoms with Gasteiger partial charge in [0.2, 0.25) is 0 Å². The third-order valence-corrected chi connectivity index (χ3v) is 2.73. The van der Waals surface area contributed by atoms with Crippen LogP contribution >= 0.6 is 0 Å². The van der Waals surface area contributed by atoms with E-state index in [2.05, 4.69) is 10.6 Å². The maximum atomic E-state index is 11.7. The number of rotatable bonds is 3. The summed E-state index contributed by atoms with van der Waals surface area (Å²) in [6.45, 7) is 2.57. The van der Waals surface area contributed by atoms with Crippen LogP contribution in [0.2, 0.25) is 0 Å². The van der Waals surface area contributed by atoms with E-state index in [4.69, 9.17) is 0 Å². The fourth-order valence-corrected chi connectivity index (χ4v) is 1.68. The average molecular weight is 240 g/mol. The topological polar surface area (TPSA) is 41.1 Å². The number of carbonyl (C=O) groups excluding carboxylic acids is 1. The fraction of sp³-hybridized carbons (Fsp3) is 0.133. The highest BCUT2D eigenvalue weighted by atomic mass is 16.2. The van der Waals surface area contributed by atoms with Crippen molar-refractivity contribution in [2.75, 3.05) is 5.32 Å². The highest BCUT2D eigenvalue weighted by Crippen LogP contribution is 2.07. The van der Waals surface area contributed by atoms with Gasteiger partial charge < -0.3 is 10.6 Å². The first-order chi connectivity index (χ1) is 8.75. The van der Waals surface area contributed by atoms with Gasteiger partial charge in [-0.1, -0.05) is 42.5 Å². The van der Waals surface area contributed by atoms with Crippen LogP contribution in [0.25, 0.3) is 0 Å². The summed E-state index contributed by atoms with van der Waals surface area (Å²) in [5.41, 5.74) is 3.10. The first-order valence-corrected chi connectivity index (χ1v) is 5.90. The molecule has 92 valence electrons. The van der Waals surface area contributed by atoms with Gasteiger partial charge in [-0.05, 0) is 30.2 Å². The van der Waals surface area contributed by atoms with E-state index in [1.54, 1.807) is 0 Å². The number of urea groups is 1. The maximum absolute atomic E-state index is 11.7. The Morgan fingerprint density at radius 2 is 1.67 bits per heavy atom. The van der Waals surface area contributed by atoms with Crippen LogP contribution in [0, 0.1) is 6.92 Å². The Morgan fingerprint density at radius 1 is 1.00 bits per heavy atom. The largest absolute Gasteiger partial charge is 0.334 e. The van der Waals surface area contributed by atoms with Gasteiger partial charge in [-0.2, -0.15) is 0 Å². The minimum Gasteiger partial charge on any atom is -0.334 e. The Kier molecular flexibility index (Phi) is 3.97. The molecule has 0 spiro atoms. The van der Waals surface area contributed by atoms with Crippen LogP contribution in [0.5, 0.6) is 0 Å². The molecule has 0 aliphatic carbocycles. The Morgan fingerprint density at radius 3 is 2.39 bits per heavy atom. The van der Waals surface area contributed by atoms with Crippen LogP contribution < -0.4 is 10.6 Å². The highest BCUT2D eigenvalue weighted by Gasteiger charge is 2.02. The number of amides is 2. The zero-order valence-electron chi connectivity index (χ0n) is 10.3. The maximum Gasteiger partial charge on any atom is 0.319 e. The molecule has 0 saturated carbocycles. The van der Waals surface area contributed by atoms with Gasteiger partial charge in [0, 0.05) is 12.2 Å². The molecule has 0 aliphatic heterocycles. The molecule has 0 radical (unpaired) electrons. The van der Waals surface area contributed by atoms with Crippen molar-refractivity contribution in [3.8, 4) is 0 Å². The number of para-hydroxylation sites is 1. The summed E-state index contributed by atoms with van der Waals surface area (Å²) in [5.74, 6) is 0. The quantitative estimate of drug-likeness (QED) is 0.849. The van der Waals surface area contributed by atoms with Crippen LogP contribution in [0.3, 0.4) is 0 Å². The van der Waals surface area contributed by atoms with Crippen molar-refractivity contribution >= 4 is 11.7 Å². The summed E-state index contributed by atoms with van der Waals surface area (Å²) in [6.07, 6.45) is 0. The molecule has 2 amide bonds. The Bertz CT molecular complexity index is 523. The summed E-state index contributed by atoms with van der Waals surface area (Å²) in [7, 11) is 0. The van der Waals surface area contributed by atoms with Crippen LogP contribution in [0.1, 0.15) is 11.1 Å². The van der Waals surface area contributed by atoms with Crippen molar-refractivity contribution in [3.05, 3.63) is 65.7 Å². The van der Waals surface area contributed by atoms with Gasteiger partial charge >= 0.3 is 6.03 Å². The number of hydrogen-bond acceptors (Lipinski definition) is 1. The lowest BCUT2D eigenvalue weighted by molar-refractivity contribution is 0.251. The third kappa shape index (κ3) is 3.35. The molecule has 0 fully saturated rings. The summed E-state index contributed by atoms with van der Waals surface area (Å²) < 4.78 is 0. The number of benzene rings is 2. The monoisotopic (exact) mass is 240 g/mol. The predicted molar refractivity (Wildman–Crippen MR) is 73.5 cm³/mol. The number of hydrogen-bond donors (Lipinski definition) is 2. The standard InChI is InChI=1S/C15H16N2O/c1-12-7-5-6-8-13(12)11-16-15(18)17-14-9-3-2-4-10-14/h2-10H,11H2,1H3,(H2,16,17,18). The molecule has 0 aliphatic rings. The van der Waals surface area contributed by atoms with Gasteiger partial charge in [0.15, 0.2) is 0 Å². The molecule has 2 aromatic rings. The third-order valence-electron chi connectivity index (χ3n) is 2.73. The van der Waals surface area contributed by atoms with Crippen LogP contribution in [-0.4, -0.2) is 6.03 Å². The van der Waals surface area contributed by atoms with E-state index in [0.29, 0.717) is 6.54 Å². The number of carbonyl (C=O) groups is 1. The molecule has 3 nitrogen and oxygen atoms in total. The molecular weight excluding hydrogens is 224 g/mol. The Hall–Kier alpha value is -2.29. The zero-order chi connectivity index (χ0) is 12.8. The molecular formula is C15H16N2O. The molecule has 0 atom stereocenters. The zero-order valence-corrected chi connectivity index (χ0v) is 10.3. The molecule has 3 heteroatoms. The van der Waals surface area contributed by atoms with Crippen molar-refractivity contribution in [2.24, 2.45) is 0 Å². The summed E-state index contributed by atoms with van der Waals surface area (Å²) >= 11 is 0. The summed E-state index contributed by atoms with van der Waals surface area (Å²) in [6, 6.07) is 17.2. The SMILES string of the molecule is Cc1ccccc1CNC(=O)Nc1ccccc1. The van der Waals surface area contributed by atoms with Crippen LogP contribution in [0.15, 0.2) is 54.6 Å². The highest BCUT2D eigenvalue weighted by molar-refractivity contribution is 5.89. The molecule has 0 aromatic heterocycles. The van der Waals surface area contributed by atoms with Crippen molar-refractivity contribution in [1.29, 1.82) is 0 Å². The second-order valence-electron chi connectivity index (χ2n) is 4.10. The lowest BCUT2D eigenvalue weighted by Gasteiger charge is -2.09. The molecule has 0 bridgehead atoms. The van der Waals surface area contributed by atoms with Gasteiger partial charge in [0.25, 0.3) is 0 Å². The molecule has 2 N–H and O–H groups in total. The van der Waals surface area contributed by atoms with Gasteiger partial charge in [0.1, 0.15) is 0 Å². The van der Waals surface area contributed by atoms with Gasteiger partial charge in [-0.15, -0.1) is 0 Å². The summed E-state index contributed by atoms with van der Waals surface area (Å²) in [4.78, 5) is 11.7. The Labute approximate surface area is 107 Å². The first-order valence-electron chi connectivity index (χ1n) is 5.90. The van der Waals surface area contributed by atoms with E-state index in [1.165, 1.54) is 5.56 Å². The number of anilines is 1. The molecule has 0 heterocycles. The first kappa shape index (κ1) is 12.2. The molecule has 2 aromatic carbocycles. The molecule has 2 rings (SSSR count). The van der Waals surface area contributed by atoms with Crippen LogP contribution in [-0.2, 0) is 6.54 Å². The molecule has 0 unspecified atom stereocenters. The van der Waals surface area contributed by atoms with E-state index in [0.717, 1.165) is 11.3 Å². The van der Waals surface area contributed by atoms with Crippen molar-refractivity contribution < 1.29 is 4.79 Å². The fourth-order valence-electron chi connectivity index (χ4n) is 1.68. The van der Waals surface area contributed by atoms with Crippen molar-refractivity contribution in [3.63, 3.8) is 0 Å². The van der Waals surface area contributed by atoms with E-state index >= 15 is 0 Å². The minimum absolute atomic E-state index is 0.190. The van der Waals surface area contributed by atoms with Gasteiger partial charge in [0.05, 0.1) is 0 Å². The van der Waals surface area contributed by atoms with E-state index in [1.807, 2.05) is 61.5 Å². The smallest absolute Gasteiger partial charge is 0.319 e. The number of aryl methyl sites for hydroxylation is 1. The van der Waals surface area contributed by atoms with Gasteiger partial charge in [-0.25, -0.2) is 4.79 Å². The van der Waals surface area contributed by atoms with E-state index in [-0.39, 0.29) is 6.03 Å². The second kappa shape index (κ2) is 5.87. The minimum atomic E-state index is -0.190. The molecule has 0 saturated heterocycles. The van der Waals surface area contributed by atoms with E-state index < -0.39 is 0 Å². The normalized spacial score (nSPS) is 9.83. The van der Waals surface area contributed by atoms with Gasteiger partial charge in [-0.3, -0.25) is 0 Å². The molecule has 18 heavy (non-hydrogen) atoms. The van der Waals surface area contributed by atoms with E-state index in [9.17, 15) is 4.79 Å². The number of nitrogens with one attached hydrogen (secondary N) is 2. The average Bonchev–Trinajstić information content (AvgIpc) is 2.39. The Balaban J connectivity index is 1.88. The lowest BCUT2D eigenvalue weighted by Crippen LogP contribution is -2.28. The summed E-state index contributed by atoms with van der Waals surface area (Å²) in [5, 5.41) is 5.62. The lowest BCUT2D eigenvalue weighted by atomic mass is 10.1. The van der Waals surface area contributed by atoms with Crippen molar-refractivity contribution in [2.45, 2.75) is 13.5 Å².